The van der Waals surface area contributed by atoms with E-state index in [-0.39, 0.29) is 4.90 Å². The lowest BCUT2D eigenvalue weighted by Gasteiger charge is -2.35. The normalized spacial score (nSPS) is 20.5. The van der Waals surface area contributed by atoms with E-state index >= 15 is 0 Å². The summed E-state index contributed by atoms with van der Waals surface area (Å²) < 4.78 is 23.3. The largest absolute Gasteiger partial charge is 0.370 e. The summed E-state index contributed by atoms with van der Waals surface area (Å²) in [6.45, 7) is 2.70. The summed E-state index contributed by atoms with van der Waals surface area (Å²) in [6.07, 6.45) is 2.25. The van der Waals surface area contributed by atoms with Gasteiger partial charge in [0.15, 0.2) is 0 Å². The van der Waals surface area contributed by atoms with E-state index in [9.17, 15) is 8.42 Å². The lowest BCUT2D eigenvalue weighted by molar-refractivity contribution is 0.401. The van der Waals surface area contributed by atoms with Crippen molar-refractivity contribution in [2.24, 2.45) is 11.1 Å². The molecule has 0 aliphatic carbocycles. The molecule has 3 N–H and O–H groups in total. The number of hydrogen-bond donors (Lipinski definition) is 2. The minimum absolute atomic E-state index is 0.222. The molecular weight excluding hydrogens is 262 g/mol. The van der Waals surface area contributed by atoms with Crippen LogP contribution in [0.3, 0.4) is 0 Å². The monoisotopic (exact) mass is 283 g/mol. The van der Waals surface area contributed by atoms with Gasteiger partial charge in [-0.05, 0) is 44.5 Å². The molecule has 5 nitrogen and oxygen atoms in total. The first-order valence-corrected chi connectivity index (χ1v) is 8.08. The van der Waals surface area contributed by atoms with Crippen molar-refractivity contribution in [1.82, 2.24) is 5.32 Å². The molecule has 1 aliphatic heterocycles. The third-order valence-corrected chi connectivity index (χ3v) is 4.48. The fourth-order valence-electron chi connectivity index (χ4n) is 2.70. The highest BCUT2D eigenvalue weighted by Crippen LogP contribution is 2.28. The Hall–Kier alpha value is -1.11. The summed E-state index contributed by atoms with van der Waals surface area (Å²) in [6, 6.07) is 6.97. The molecule has 0 bridgehead atoms. The third-order valence-electron chi connectivity index (χ3n) is 3.52. The van der Waals surface area contributed by atoms with Crippen molar-refractivity contribution in [3.05, 3.63) is 24.3 Å². The van der Waals surface area contributed by atoms with Gasteiger partial charge in [0.25, 0.3) is 0 Å². The van der Waals surface area contributed by atoms with Crippen LogP contribution in [0, 0.1) is 5.92 Å². The summed E-state index contributed by atoms with van der Waals surface area (Å²) in [5, 5.41) is 8.48. The number of nitrogens with one attached hydrogen (secondary N) is 1. The maximum absolute atomic E-state index is 11.6. The van der Waals surface area contributed by atoms with Gasteiger partial charge in [-0.3, -0.25) is 0 Å². The predicted molar refractivity (Wildman–Crippen MR) is 76.7 cm³/mol. The smallest absolute Gasteiger partial charge is 0.240 e. The van der Waals surface area contributed by atoms with Crippen molar-refractivity contribution in [1.29, 1.82) is 0 Å². The Balaban J connectivity index is 2.27. The molecule has 1 aliphatic rings. The van der Waals surface area contributed by atoms with Crippen LogP contribution >= 0.6 is 0 Å². The van der Waals surface area contributed by atoms with Crippen LogP contribution in [0.25, 0.3) is 0 Å². The maximum Gasteiger partial charge on any atom is 0.240 e. The van der Waals surface area contributed by atoms with Gasteiger partial charge in [-0.2, -0.15) is 0 Å². The van der Waals surface area contributed by atoms with Crippen LogP contribution in [0.4, 0.5) is 5.69 Å². The lowest BCUT2D eigenvalue weighted by atomic mass is 9.97. The van der Waals surface area contributed by atoms with Crippen molar-refractivity contribution in [3.63, 3.8) is 0 Å². The van der Waals surface area contributed by atoms with E-state index in [4.69, 9.17) is 5.14 Å². The Bertz CT molecular complexity index is 528. The topological polar surface area (TPSA) is 75.4 Å². The highest BCUT2D eigenvalue weighted by atomic mass is 32.2. The fourth-order valence-corrected chi connectivity index (χ4v) is 3.46. The van der Waals surface area contributed by atoms with E-state index in [0.717, 1.165) is 31.7 Å². The zero-order chi connectivity index (χ0) is 13.9. The van der Waals surface area contributed by atoms with Crippen LogP contribution in [0.5, 0.6) is 0 Å². The fraction of sp³-hybridized carbons (Fsp3) is 0.538. The molecule has 0 aromatic heterocycles. The number of primary sulfonamides is 1. The number of para-hydroxylation sites is 1. The minimum Gasteiger partial charge on any atom is -0.370 e. The van der Waals surface area contributed by atoms with Crippen molar-refractivity contribution in [2.75, 3.05) is 31.6 Å². The summed E-state index contributed by atoms with van der Waals surface area (Å²) in [5.74, 6) is 0.548. The molecule has 19 heavy (non-hydrogen) atoms. The first-order valence-electron chi connectivity index (χ1n) is 6.53. The number of anilines is 1. The van der Waals surface area contributed by atoms with E-state index < -0.39 is 10.0 Å². The van der Waals surface area contributed by atoms with Gasteiger partial charge in [-0.15, -0.1) is 0 Å². The second kappa shape index (κ2) is 5.90. The number of sulfonamides is 1. The molecule has 1 unspecified atom stereocenters. The first kappa shape index (κ1) is 14.3. The zero-order valence-corrected chi connectivity index (χ0v) is 12.0. The van der Waals surface area contributed by atoms with Gasteiger partial charge in [0.2, 0.25) is 10.0 Å². The van der Waals surface area contributed by atoms with E-state index in [2.05, 4.69) is 10.2 Å². The van der Waals surface area contributed by atoms with Gasteiger partial charge in [0.1, 0.15) is 4.90 Å². The highest BCUT2D eigenvalue weighted by molar-refractivity contribution is 7.89. The van der Waals surface area contributed by atoms with Crippen molar-refractivity contribution < 1.29 is 8.42 Å². The Kier molecular flexibility index (Phi) is 4.44. The maximum atomic E-state index is 11.6. The number of nitrogens with zero attached hydrogens (tertiary/aromatic N) is 1. The molecule has 0 saturated carbocycles. The van der Waals surface area contributed by atoms with Crippen LogP contribution in [0.2, 0.25) is 0 Å². The Labute approximate surface area is 114 Å². The average Bonchev–Trinajstić information content (AvgIpc) is 2.38. The summed E-state index contributed by atoms with van der Waals surface area (Å²) >= 11 is 0. The van der Waals surface area contributed by atoms with E-state index in [0.29, 0.717) is 5.92 Å². The van der Waals surface area contributed by atoms with Gasteiger partial charge >= 0.3 is 0 Å². The summed E-state index contributed by atoms with van der Waals surface area (Å²) in [5.41, 5.74) is 0.728. The molecule has 1 fully saturated rings. The lowest BCUT2D eigenvalue weighted by Crippen LogP contribution is -2.39. The summed E-state index contributed by atoms with van der Waals surface area (Å²) in [7, 11) is -1.73. The molecule has 6 heteroatoms. The van der Waals surface area contributed by atoms with E-state index in [1.54, 1.807) is 12.1 Å². The standard InChI is InChI=1S/C13H21N3O2S/c1-15-9-11-5-4-8-16(10-11)12-6-2-3-7-13(12)19(14,17)18/h2-3,6-7,11,15H,4-5,8-10H2,1H3,(H2,14,17,18). The highest BCUT2D eigenvalue weighted by Gasteiger charge is 2.23. The predicted octanol–water partition coefficient (Wildman–Crippen LogP) is 0.770. The quantitative estimate of drug-likeness (QED) is 0.856. The van der Waals surface area contributed by atoms with Crippen molar-refractivity contribution in [2.45, 2.75) is 17.7 Å². The molecular formula is C13H21N3O2S. The molecule has 1 aromatic carbocycles. The first-order chi connectivity index (χ1) is 9.02. The molecule has 106 valence electrons. The molecule has 1 saturated heterocycles. The van der Waals surface area contributed by atoms with Gasteiger partial charge in [-0.25, -0.2) is 13.6 Å². The number of hydrogen-bond acceptors (Lipinski definition) is 4. The molecule has 2 rings (SSSR count). The number of nitrogens with two attached hydrogens (primary N) is 1. The third kappa shape index (κ3) is 3.46. The van der Waals surface area contributed by atoms with Crippen LogP contribution in [0.1, 0.15) is 12.8 Å². The summed E-state index contributed by atoms with van der Waals surface area (Å²) in [4.78, 5) is 2.35. The Morgan fingerprint density at radius 3 is 2.84 bits per heavy atom. The van der Waals surface area contributed by atoms with Gasteiger partial charge in [0, 0.05) is 13.1 Å². The average molecular weight is 283 g/mol. The number of benzene rings is 1. The second-order valence-electron chi connectivity index (χ2n) is 5.02. The molecule has 1 heterocycles. The second-order valence-corrected chi connectivity index (χ2v) is 6.55. The van der Waals surface area contributed by atoms with Crippen molar-refractivity contribution >= 4 is 15.7 Å². The Morgan fingerprint density at radius 1 is 1.42 bits per heavy atom. The van der Waals surface area contributed by atoms with Crippen LogP contribution in [-0.2, 0) is 10.0 Å². The zero-order valence-electron chi connectivity index (χ0n) is 11.2. The van der Waals surface area contributed by atoms with Crippen LogP contribution in [0.15, 0.2) is 29.2 Å². The molecule has 0 spiro atoms. The van der Waals surface area contributed by atoms with Gasteiger partial charge < -0.3 is 10.2 Å². The van der Waals surface area contributed by atoms with Gasteiger partial charge in [0.05, 0.1) is 5.69 Å². The Morgan fingerprint density at radius 2 is 2.16 bits per heavy atom. The molecule has 0 radical (unpaired) electrons. The molecule has 0 amide bonds. The van der Waals surface area contributed by atoms with Gasteiger partial charge in [-0.1, -0.05) is 12.1 Å². The number of piperidine rings is 1. The van der Waals surface area contributed by atoms with Crippen LogP contribution < -0.4 is 15.4 Å². The van der Waals surface area contributed by atoms with E-state index in [1.807, 2.05) is 19.2 Å². The van der Waals surface area contributed by atoms with Crippen molar-refractivity contribution in [3.8, 4) is 0 Å². The molecule has 1 aromatic rings. The number of rotatable bonds is 4. The van der Waals surface area contributed by atoms with Crippen LogP contribution in [-0.4, -0.2) is 35.1 Å². The van der Waals surface area contributed by atoms with E-state index in [1.165, 1.54) is 6.42 Å². The SMILES string of the molecule is CNCC1CCCN(c2ccccc2S(N)(=O)=O)C1. The minimum atomic E-state index is -3.67. The molecule has 1 atom stereocenters.